The van der Waals surface area contributed by atoms with Gasteiger partial charge in [0.1, 0.15) is 22.8 Å². The molecule has 1 aliphatic rings. The van der Waals surface area contributed by atoms with Crippen molar-refractivity contribution in [3.63, 3.8) is 0 Å². The molecule has 2 aromatic carbocycles. The lowest BCUT2D eigenvalue weighted by molar-refractivity contribution is 0.0412. The van der Waals surface area contributed by atoms with Crippen molar-refractivity contribution in [2.24, 2.45) is 5.73 Å². The number of nitrogens with one attached hydrogen (secondary N) is 2. The molecule has 0 amide bonds. The molecule has 7 heteroatoms. The summed E-state index contributed by atoms with van der Waals surface area (Å²) in [4.78, 5) is 0. The standard InChI is InChI=1S/C22H29N3O3.ClH/c1-13-14(2)20-18(15(3)19(13)26)8-9-22(4,28-20)10-11-27-17-7-5-6-16(12-17)25-21(23)24;/h5-7,12,26H,8-11H2,1-4H3,(H4,23,24,25);1H. The highest BCUT2D eigenvalue weighted by atomic mass is 35.5. The van der Waals surface area contributed by atoms with Gasteiger partial charge in [0.05, 0.1) is 6.61 Å². The van der Waals surface area contributed by atoms with Gasteiger partial charge < -0.3 is 25.6 Å². The molecule has 0 aromatic heterocycles. The first-order chi connectivity index (χ1) is 13.2. The van der Waals surface area contributed by atoms with Crippen molar-refractivity contribution in [3.05, 3.63) is 46.5 Å². The third-order valence-corrected chi connectivity index (χ3v) is 5.61. The SMILES string of the molecule is Cc1c(C)c2c(c(C)c1O)CCC(C)(CCOc1cccc(NC(=N)N)c1)O2.Cl. The van der Waals surface area contributed by atoms with Crippen molar-refractivity contribution in [2.45, 2.75) is 52.6 Å². The largest absolute Gasteiger partial charge is 0.507 e. The lowest BCUT2D eigenvalue weighted by Gasteiger charge is -2.38. The molecule has 1 aliphatic heterocycles. The Kier molecular flexibility index (Phi) is 6.90. The van der Waals surface area contributed by atoms with Crippen LogP contribution in [0.25, 0.3) is 0 Å². The van der Waals surface area contributed by atoms with E-state index in [-0.39, 0.29) is 24.0 Å². The average molecular weight is 420 g/mol. The maximum absolute atomic E-state index is 10.3. The first-order valence-corrected chi connectivity index (χ1v) is 9.55. The Hall–Kier alpha value is -2.60. The Morgan fingerprint density at radius 3 is 2.69 bits per heavy atom. The van der Waals surface area contributed by atoms with Crippen molar-refractivity contribution in [1.29, 1.82) is 5.41 Å². The molecule has 2 aromatic rings. The smallest absolute Gasteiger partial charge is 0.190 e. The minimum absolute atomic E-state index is 0. The molecular weight excluding hydrogens is 390 g/mol. The highest BCUT2D eigenvalue weighted by Crippen LogP contribution is 2.44. The van der Waals surface area contributed by atoms with Gasteiger partial charge in [0.25, 0.3) is 0 Å². The molecule has 0 saturated carbocycles. The summed E-state index contributed by atoms with van der Waals surface area (Å²) in [5.41, 5.74) is 9.70. The van der Waals surface area contributed by atoms with E-state index in [4.69, 9.17) is 20.6 Å². The van der Waals surface area contributed by atoms with Crippen molar-refractivity contribution < 1.29 is 14.6 Å². The monoisotopic (exact) mass is 419 g/mol. The molecule has 0 radical (unpaired) electrons. The predicted octanol–water partition coefficient (Wildman–Crippen LogP) is 4.60. The molecule has 3 rings (SSSR count). The van der Waals surface area contributed by atoms with Gasteiger partial charge in [-0.05, 0) is 69.4 Å². The second-order valence-electron chi connectivity index (χ2n) is 7.75. The zero-order valence-corrected chi connectivity index (χ0v) is 18.2. The number of fused-ring (bicyclic) bond motifs is 1. The van der Waals surface area contributed by atoms with E-state index in [1.165, 1.54) is 0 Å². The number of ether oxygens (including phenoxy) is 2. The fourth-order valence-corrected chi connectivity index (χ4v) is 3.67. The van der Waals surface area contributed by atoms with Gasteiger partial charge in [-0.3, -0.25) is 5.41 Å². The van der Waals surface area contributed by atoms with Crippen LogP contribution in [-0.4, -0.2) is 23.3 Å². The second kappa shape index (κ2) is 8.82. The summed E-state index contributed by atoms with van der Waals surface area (Å²) in [6, 6.07) is 7.39. The van der Waals surface area contributed by atoms with E-state index in [0.29, 0.717) is 12.4 Å². The van der Waals surface area contributed by atoms with Gasteiger partial charge in [-0.25, -0.2) is 0 Å². The van der Waals surface area contributed by atoms with Gasteiger partial charge in [-0.15, -0.1) is 12.4 Å². The fourth-order valence-electron chi connectivity index (χ4n) is 3.67. The number of aromatic hydroxyl groups is 1. The van der Waals surface area contributed by atoms with E-state index in [9.17, 15) is 5.11 Å². The number of hydrogen-bond acceptors (Lipinski definition) is 4. The minimum Gasteiger partial charge on any atom is -0.507 e. The summed E-state index contributed by atoms with van der Waals surface area (Å²) >= 11 is 0. The number of guanidine groups is 1. The number of hydrogen-bond donors (Lipinski definition) is 4. The molecule has 1 unspecified atom stereocenters. The summed E-state index contributed by atoms with van der Waals surface area (Å²) in [7, 11) is 0. The maximum Gasteiger partial charge on any atom is 0.190 e. The van der Waals surface area contributed by atoms with Gasteiger partial charge in [-0.2, -0.15) is 0 Å². The van der Waals surface area contributed by atoms with Crippen LogP contribution in [0.2, 0.25) is 0 Å². The number of phenolic OH excluding ortho intramolecular Hbond substituents is 1. The Balaban J connectivity index is 0.00000300. The van der Waals surface area contributed by atoms with Crippen LogP contribution in [0, 0.1) is 26.2 Å². The molecule has 6 nitrogen and oxygen atoms in total. The van der Waals surface area contributed by atoms with Crippen LogP contribution in [-0.2, 0) is 6.42 Å². The molecule has 1 atom stereocenters. The minimum atomic E-state index is -0.317. The first kappa shape index (κ1) is 22.7. The number of phenols is 1. The molecule has 1 heterocycles. The van der Waals surface area contributed by atoms with E-state index in [0.717, 1.165) is 58.7 Å². The quantitative estimate of drug-likeness (QED) is 0.419. The van der Waals surface area contributed by atoms with E-state index >= 15 is 0 Å². The van der Waals surface area contributed by atoms with Gasteiger partial charge in [0, 0.05) is 23.7 Å². The van der Waals surface area contributed by atoms with Crippen molar-refractivity contribution in [2.75, 3.05) is 11.9 Å². The van der Waals surface area contributed by atoms with E-state index in [2.05, 4.69) is 12.2 Å². The Bertz CT molecular complexity index is 917. The van der Waals surface area contributed by atoms with Crippen LogP contribution < -0.4 is 20.5 Å². The fraction of sp³-hybridized carbons (Fsp3) is 0.409. The van der Waals surface area contributed by atoms with Crippen LogP contribution in [0.15, 0.2) is 24.3 Å². The number of nitrogens with two attached hydrogens (primary N) is 1. The Labute approximate surface area is 178 Å². The molecular formula is C22H30ClN3O3. The van der Waals surface area contributed by atoms with Crippen LogP contribution in [0.1, 0.15) is 42.0 Å². The number of halogens is 1. The van der Waals surface area contributed by atoms with Crippen LogP contribution in [0.5, 0.6) is 17.2 Å². The van der Waals surface area contributed by atoms with Crippen LogP contribution >= 0.6 is 12.4 Å². The van der Waals surface area contributed by atoms with Gasteiger partial charge in [0.15, 0.2) is 5.96 Å². The summed E-state index contributed by atoms with van der Waals surface area (Å²) in [5, 5.41) is 20.4. The van der Waals surface area contributed by atoms with Gasteiger partial charge in [-0.1, -0.05) is 6.07 Å². The molecule has 0 fully saturated rings. The Morgan fingerprint density at radius 2 is 2.00 bits per heavy atom. The number of rotatable bonds is 5. The van der Waals surface area contributed by atoms with E-state index < -0.39 is 0 Å². The Morgan fingerprint density at radius 1 is 1.28 bits per heavy atom. The molecule has 0 aliphatic carbocycles. The summed E-state index contributed by atoms with van der Waals surface area (Å²) in [6.07, 6.45) is 2.50. The first-order valence-electron chi connectivity index (χ1n) is 9.55. The molecule has 0 spiro atoms. The second-order valence-corrected chi connectivity index (χ2v) is 7.75. The van der Waals surface area contributed by atoms with Gasteiger partial charge >= 0.3 is 0 Å². The predicted molar refractivity (Wildman–Crippen MR) is 119 cm³/mol. The molecule has 0 bridgehead atoms. The van der Waals surface area contributed by atoms with Gasteiger partial charge in [0.2, 0.25) is 0 Å². The molecule has 29 heavy (non-hydrogen) atoms. The number of anilines is 1. The zero-order valence-electron chi connectivity index (χ0n) is 17.4. The summed E-state index contributed by atoms with van der Waals surface area (Å²) in [5.74, 6) is 1.91. The lowest BCUT2D eigenvalue weighted by atomic mass is 9.86. The third kappa shape index (κ3) is 4.88. The molecule has 0 saturated heterocycles. The highest BCUT2D eigenvalue weighted by molar-refractivity contribution is 5.89. The topological polar surface area (TPSA) is 101 Å². The third-order valence-electron chi connectivity index (χ3n) is 5.61. The van der Waals surface area contributed by atoms with E-state index in [1.807, 2.05) is 45.0 Å². The highest BCUT2D eigenvalue weighted by Gasteiger charge is 2.34. The van der Waals surface area contributed by atoms with E-state index in [1.54, 1.807) is 0 Å². The molecule has 158 valence electrons. The van der Waals surface area contributed by atoms with Crippen LogP contribution in [0.4, 0.5) is 5.69 Å². The van der Waals surface area contributed by atoms with Crippen molar-refractivity contribution >= 4 is 24.1 Å². The number of benzene rings is 2. The lowest BCUT2D eigenvalue weighted by Crippen LogP contribution is -2.38. The summed E-state index contributed by atoms with van der Waals surface area (Å²) < 4.78 is 12.3. The average Bonchev–Trinajstić information content (AvgIpc) is 2.64. The van der Waals surface area contributed by atoms with Crippen molar-refractivity contribution in [1.82, 2.24) is 0 Å². The maximum atomic E-state index is 10.3. The normalized spacial score (nSPS) is 17.5. The zero-order chi connectivity index (χ0) is 20.5. The van der Waals surface area contributed by atoms with Crippen LogP contribution in [0.3, 0.4) is 0 Å². The molecule has 5 N–H and O–H groups in total. The summed E-state index contributed by atoms with van der Waals surface area (Å²) in [6.45, 7) is 8.52. The van der Waals surface area contributed by atoms with Crippen molar-refractivity contribution in [3.8, 4) is 17.2 Å².